The van der Waals surface area contributed by atoms with Gasteiger partial charge in [0, 0.05) is 21.9 Å². The standard InChI is InChI=1S/C23H29NS2/c1-3-5-15-22(4-2)17-25-20-13-9-12-19-14-16-26-23(19,20)21(24-22)18-10-7-6-8-11-18/h6-14,21,24H,3-5,15-17H2,1-2H3/t21-,22+,23?/m0/s1. The lowest BCUT2D eigenvalue weighted by atomic mass is 9.80. The molecule has 2 aliphatic heterocycles. The molecule has 0 amide bonds. The smallest absolute Gasteiger partial charge is 0.0909 e. The molecule has 0 radical (unpaired) electrons. The Morgan fingerprint density at radius 1 is 1.19 bits per heavy atom. The largest absolute Gasteiger partial charge is 0.302 e. The normalized spacial score (nSPS) is 33.1. The van der Waals surface area contributed by atoms with Crippen molar-refractivity contribution in [1.82, 2.24) is 5.32 Å². The number of rotatable bonds is 5. The van der Waals surface area contributed by atoms with Gasteiger partial charge in [-0.3, -0.25) is 0 Å². The van der Waals surface area contributed by atoms with Crippen LogP contribution in [0.25, 0.3) is 0 Å². The molecule has 26 heavy (non-hydrogen) atoms. The lowest BCUT2D eigenvalue weighted by molar-refractivity contribution is 0.274. The van der Waals surface area contributed by atoms with Gasteiger partial charge in [-0.2, -0.15) is 0 Å². The van der Waals surface area contributed by atoms with Gasteiger partial charge < -0.3 is 5.32 Å². The van der Waals surface area contributed by atoms with E-state index < -0.39 is 0 Å². The van der Waals surface area contributed by atoms with Crippen LogP contribution in [0.15, 0.2) is 65.1 Å². The third-order valence-electron chi connectivity index (χ3n) is 6.11. The molecule has 3 heteroatoms. The molecule has 1 aromatic carbocycles. The average molecular weight is 384 g/mol. The first-order chi connectivity index (χ1) is 12.7. The number of nitrogens with one attached hydrogen (secondary N) is 1. The highest BCUT2D eigenvalue weighted by Gasteiger charge is 2.53. The third-order valence-corrected chi connectivity index (χ3v) is 9.19. The highest BCUT2D eigenvalue weighted by Crippen LogP contribution is 2.59. The van der Waals surface area contributed by atoms with Crippen LogP contribution < -0.4 is 5.32 Å². The van der Waals surface area contributed by atoms with Gasteiger partial charge in [0.2, 0.25) is 0 Å². The van der Waals surface area contributed by atoms with E-state index in [1.807, 2.05) is 0 Å². The first kappa shape index (κ1) is 18.5. The zero-order valence-electron chi connectivity index (χ0n) is 15.8. The van der Waals surface area contributed by atoms with Gasteiger partial charge in [0.1, 0.15) is 0 Å². The van der Waals surface area contributed by atoms with E-state index in [0.29, 0.717) is 6.04 Å². The minimum absolute atomic E-state index is 0.0455. The van der Waals surface area contributed by atoms with Crippen LogP contribution >= 0.6 is 23.5 Å². The Bertz CT molecular complexity index is 736. The molecule has 1 spiro atoms. The summed E-state index contributed by atoms with van der Waals surface area (Å²) in [5.41, 5.74) is 3.13. The van der Waals surface area contributed by atoms with Crippen molar-refractivity contribution < 1.29 is 0 Å². The first-order valence-corrected chi connectivity index (χ1v) is 11.9. The highest BCUT2D eigenvalue weighted by molar-refractivity contribution is 8.07. The van der Waals surface area contributed by atoms with E-state index >= 15 is 0 Å². The van der Waals surface area contributed by atoms with Gasteiger partial charge in [-0.25, -0.2) is 0 Å². The summed E-state index contributed by atoms with van der Waals surface area (Å²) < 4.78 is 0.0455. The van der Waals surface area contributed by atoms with Crippen molar-refractivity contribution in [3.8, 4) is 0 Å². The second-order valence-electron chi connectivity index (χ2n) is 7.61. The van der Waals surface area contributed by atoms with Crippen LogP contribution in [0.4, 0.5) is 0 Å². The predicted molar refractivity (Wildman–Crippen MR) is 118 cm³/mol. The monoisotopic (exact) mass is 383 g/mol. The topological polar surface area (TPSA) is 12.0 Å². The van der Waals surface area contributed by atoms with Crippen molar-refractivity contribution in [3.63, 3.8) is 0 Å². The molecule has 1 aromatic rings. The zero-order chi connectivity index (χ0) is 18.0. The third kappa shape index (κ3) is 3.02. The Hall–Kier alpha value is -0.900. The SMILES string of the molecule is CCCC[C@]1(CC)CSC2=CC=CC3=CCSC32[C@H](c2ccccc2)N1. The maximum absolute atomic E-state index is 4.23. The van der Waals surface area contributed by atoms with Crippen LogP contribution in [0.3, 0.4) is 0 Å². The van der Waals surface area contributed by atoms with E-state index in [1.54, 1.807) is 4.91 Å². The van der Waals surface area contributed by atoms with Gasteiger partial charge >= 0.3 is 0 Å². The lowest BCUT2D eigenvalue weighted by Crippen LogP contribution is -2.52. The van der Waals surface area contributed by atoms with E-state index in [1.165, 1.54) is 42.6 Å². The molecule has 0 aromatic heterocycles. The van der Waals surface area contributed by atoms with E-state index in [2.05, 4.69) is 97.3 Å². The fourth-order valence-electron chi connectivity index (χ4n) is 4.48. The van der Waals surface area contributed by atoms with Gasteiger partial charge in [-0.05, 0) is 24.0 Å². The summed E-state index contributed by atoms with van der Waals surface area (Å²) in [4.78, 5) is 1.54. The molecular formula is C23H29NS2. The molecule has 138 valence electrons. The minimum atomic E-state index is 0.0455. The van der Waals surface area contributed by atoms with Gasteiger partial charge in [0.15, 0.2) is 0 Å². The number of benzene rings is 1. The van der Waals surface area contributed by atoms with Gasteiger partial charge in [-0.1, -0.05) is 81.3 Å². The zero-order valence-corrected chi connectivity index (χ0v) is 17.5. The summed E-state index contributed by atoms with van der Waals surface area (Å²) >= 11 is 4.21. The molecule has 0 bridgehead atoms. The van der Waals surface area contributed by atoms with Crippen molar-refractivity contribution in [2.24, 2.45) is 0 Å². The molecule has 1 fully saturated rings. The maximum atomic E-state index is 4.23. The molecule has 1 N–H and O–H groups in total. The summed E-state index contributed by atoms with van der Waals surface area (Å²) in [6, 6.07) is 11.5. The molecule has 2 heterocycles. The van der Waals surface area contributed by atoms with Crippen LogP contribution in [0.2, 0.25) is 0 Å². The summed E-state index contributed by atoms with van der Waals surface area (Å²) in [5, 5.41) is 4.23. The molecule has 4 rings (SSSR count). The van der Waals surface area contributed by atoms with E-state index in [-0.39, 0.29) is 10.3 Å². The highest BCUT2D eigenvalue weighted by atomic mass is 32.2. The summed E-state index contributed by atoms with van der Waals surface area (Å²) in [7, 11) is 0. The van der Waals surface area contributed by atoms with Crippen LogP contribution in [0.1, 0.15) is 51.1 Å². The maximum Gasteiger partial charge on any atom is 0.0909 e. The lowest BCUT2D eigenvalue weighted by Gasteiger charge is -2.43. The van der Waals surface area contributed by atoms with Gasteiger partial charge in [-0.15, -0.1) is 23.5 Å². The van der Waals surface area contributed by atoms with Gasteiger partial charge in [0.05, 0.1) is 10.8 Å². The first-order valence-electron chi connectivity index (χ1n) is 9.93. The average Bonchev–Trinajstić information content (AvgIpc) is 3.07. The molecule has 1 saturated heterocycles. The van der Waals surface area contributed by atoms with E-state index in [9.17, 15) is 0 Å². The van der Waals surface area contributed by atoms with Crippen molar-refractivity contribution in [2.75, 3.05) is 11.5 Å². The molecule has 0 saturated carbocycles. The number of thioether (sulfide) groups is 2. The number of unbranched alkanes of at least 4 members (excludes halogenated alkanes) is 1. The predicted octanol–water partition coefficient (Wildman–Crippen LogP) is 6.27. The van der Waals surface area contributed by atoms with Crippen LogP contribution in [-0.2, 0) is 0 Å². The van der Waals surface area contributed by atoms with Crippen LogP contribution in [0, 0.1) is 0 Å². The van der Waals surface area contributed by atoms with Crippen LogP contribution in [0.5, 0.6) is 0 Å². The Morgan fingerprint density at radius 3 is 2.81 bits per heavy atom. The summed E-state index contributed by atoms with van der Waals surface area (Å²) in [6.07, 6.45) is 14.4. The van der Waals surface area contributed by atoms with E-state index in [0.717, 1.165) is 5.75 Å². The quantitative estimate of drug-likeness (QED) is 0.643. The van der Waals surface area contributed by atoms with Crippen molar-refractivity contribution >= 4 is 23.5 Å². The number of allylic oxidation sites excluding steroid dienone is 3. The van der Waals surface area contributed by atoms with Crippen molar-refractivity contribution in [3.05, 3.63) is 70.7 Å². The molecule has 3 aliphatic rings. The minimum Gasteiger partial charge on any atom is -0.302 e. The Kier molecular flexibility index (Phi) is 5.41. The molecular weight excluding hydrogens is 354 g/mol. The molecule has 1 nitrogen and oxygen atoms in total. The summed E-state index contributed by atoms with van der Waals surface area (Å²) in [5.74, 6) is 2.28. The van der Waals surface area contributed by atoms with E-state index in [4.69, 9.17) is 0 Å². The van der Waals surface area contributed by atoms with Gasteiger partial charge in [0.25, 0.3) is 0 Å². The van der Waals surface area contributed by atoms with Crippen molar-refractivity contribution in [1.29, 1.82) is 0 Å². The Morgan fingerprint density at radius 2 is 2.04 bits per heavy atom. The fraction of sp³-hybridized carbons (Fsp3) is 0.478. The number of hydrogen-bond donors (Lipinski definition) is 1. The Labute approximate surface area is 166 Å². The Balaban J connectivity index is 1.82. The van der Waals surface area contributed by atoms with Crippen LogP contribution in [-0.4, -0.2) is 21.8 Å². The molecule has 3 atom stereocenters. The fourth-order valence-corrected chi connectivity index (χ4v) is 7.74. The number of hydrogen-bond acceptors (Lipinski definition) is 3. The second-order valence-corrected chi connectivity index (χ2v) is 9.89. The summed E-state index contributed by atoms with van der Waals surface area (Å²) in [6.45, 7) is 4.67. The molecule has 1 aliphatic carbocycles. The second kappa shape index (κ2) is 7.61. The van der Waals surface area contributed by atoms with Crippen molar-refractivity contribution in [2.45, 2.75) is 55.9 Å². The molecule has 1 unspecified atom stereocenters.